The zero-order valence-corrected chi connectivity index (χ0v) is 51.0. The van der Waals surface area contributed by atoms with Crippen molar-refractivity contribution in [3.63, 3.8) is 0 Å². The van der Waals surface area contributed by atoms with Crippen LogP contribution in [0.1, 0.15) is 141 Å². The van der Waals surface area contributed by atoms with Crippen molar-refractivity contribution in [1.82, 2.24) is 0 Å². The number of halogens is 5. The number of hydrogen-bond donors (Lipinski definition) is 3. The van der Waals surface area contributed by atoms with Crippen LogP contribution in [0.4, 0.5) is 0 Å². The average molecular weight is 1490 g/mol. The maximum atomic E-state index is 10.8. The normalized spacial score (nSPS) is 8.56. The van der Waals surface area contributed by atoms with Crippen molar-refractivity contribution < 1.29 is 41.1 Å². The van der Waals surface area contributed by atoms with Gasteiger partial charge in [-0.3, -0.25) is 0 Å². The third-order valence-corrected chi connectivity index (χ3v) is 5.96. The summed E-state index contributed by atoms with van der Waals surface area (Å²) >= 11 is 9.54. The van der Waals surface area contributed by atoms with Crippen LogP contribution in [-0.4, -0.2) is 61.5 Å². The van der Waals surface area contributed by atoms with Crippen molar-refractivity contribution in [1.29, 1.82) is 0 Å². The Morgan fingerprint density at radius 1 is 0.619 bits per heavy atom. The van der Waals surface area contributed by atoms with Crippen LogP contribution in [0.3, 0.4) is 0 Å². The minimum atomic E-state index is -1.11. The summed E-state index contributed by atoms with van der Waals surface area (Å²) in [5, 5.41) is 7.57. The molecule has 0 aliphatic carbocycles. The fourth-order valence-corrected chi connectivity index (χ4v) is 3.69. The van der Waals surface area contributed by atoms with Crippen molar-refractivity contribution in [2.45, 2.75) is 137 Å². The molecule has 4 rings (SSSR count). The fraction of sp³-hybridized carbons (Fsp3) is 0.468. The monoisotopic (exact) mass is 1490 g/mol. The van der Waals surface area contributed by atoms with E-state index in [-0.39, 0.29) is 99.6 Å². The smallest absolute Gasteiger partial charge is 0 e. The summed E-state index contributed by atoms with van der Waals surface area (Å²) in [5.74, 6) is 0. The second kappa shape index (κ2) is 80.1. The molecule has 16 heteroatoms. The largest absolute Gasteiger partial charge is 0 e. The maximum Gasteiger partial charge on any atom is 0 e. The van der Waals surface area contributed by atoms with Crippen LogP contribution in [-0.2, 0) is 40.6 Å². The summed E-state index contributed by atoms with van der Waals surface area (Å²) in [7, 11) is -1.11. The molecule has 0 amide bonds. The molecule has 0 fully saturated rings. The molecule has 5 N–H and O–H groups in total. The van der Waals surface area contributed by atoms with Crippen molar-refractivity contribution in [3.8, 4) is 0 Å². The van der Waals surface area contributed by atoms with Gasteiger partial charge in [0.15, 0.2) is 0 Å². The third-order valence-electron chi connectivity index (χ3n) is 5.43. The summed E-state index contributed by atoms with van der Waals surface area (Å²) in [4.78, 5) is 0. The molecule has 0 aromatic heterocycles. The Hall–Kier alpha value is 1.07. The second-order valence-corrected chi connectivity index (χ2v) is 28.6. The third kappa shape index (κ3) is 83.5. The van der Waals surface area contributed by atoms with E-state index in [9.17, 15) is 4.21 Å². The summed E-state index contributed by atoms with van der Waals surface area (Å²) < 4.78 is 14.7. The molecule has 5 nitrogen and oxygen atoms in total. The molecule has 0 bridgehead atoms. The average Bonchev–Trinajstić information content (AvgIpc) is 3.16. The molecule has 13 radical (unpaired) electrons. The van der Waals surface area contributed by atoms with Crippen molar-refractivity contribution in [2.75, 3.05) is 12.9 Å². The zero-order valence-electron chi connectivity index (χ0n) is 38.0. The summed E-state index contributed by atoms with van der Waals surface area (Å²) in [6, 6.07) is 40.2. The first-order chi connectivity index (χ1) is 25.5. The molecule has 0 unspecified atom stereocenters. The Kier molecular flexibility index (Phi) is 135. The molecule has 0 aliphatic heterocycles. The molecule has 361 valence electrons. The summed E-state index contributed by atoms with van der Waals surface area (Å²) in [5.41, 5.74) is 16.8. The van der Waals surface area contributed by atoms with E-state index in [4.69, 9.17) is 16.6 Å². The molecule has 0 saturated heterocycles. The molecule has 63 heavy (non-hydrogen) atoms. The predicted molar refractivity (Wildman–Crippen MR) is 329 cm³/mol. The molecule has 0 aliphatic rings. The minimum Gasteiger partial charge on any atom is 0 e. The van der Waals surface area contributed by atoms with Gasteiger partial charge in [0.25, 0.3) is 0 Å². The van der Waals surface area contributed by atoms with Crippen LogP contribution in [0.5, 0.6) is 0 Å². The van der Waals surface area contributed by atoms with Crippen LogP contribution < -0.4 is 24.7 Å². The van der Waals surface area contributed by atoms with Gasteiger partial charge in [-0.2, -0.15) is 4.40 Å². The van der Waals surface area contributed by atoms with Crippen molar-refractivity contribution in [2.24, 2.45) is 15.9 Å². The number of aryl methyl sites for hydroxylation is 1. The number of hydrogen-bond acceptors (Lipinski definition) is 4. The molecule has 0 spiro atoms. The zero-order chi connectivity index (χ0) is 43.4. The van der Waals surface area contributed by atoms with Gasteiger partial charge in [0, 0.05) is 113 Å². The molecule has 4 aromatic rings. The molecule has 0 heterocycles. The van der Waals surface area contributed by atoms with Crippen molar-refractivity contribution >= 4 is 125 Å². The number of benzene rings is 4. The number of rotatable bonds is 4. The maximum absolute atomic E-state index is 10.8. The molecule has 4 aromatic carbocycles. The van der Waals surface area contributed by atoms with Gasteiger partial charge in [0.2, 0.25) is 0 Å². The molecule has 0 saturated carbocycles. The summed E-state index contributed by atoms with van der Waals surface area (Å²) in [6.07, 6.45) is 2.81. The van der Waals surface area contributed by atoms with Crippen LogP contribution in [0.15, 0.2) is 126 Å². The Balaban J connectivity index is -0.0000000327. The number of nitrogens with two attached hydrogens (primary N) is 2. The van der Waals surface area contributed by atoms with E-state index < -0.39 is 11.0 Å². The van der Waals surface area contributed by atoms with E-state index in [0.29, 0.717) is 13.3 Å². The Morgan fingerprint density at radius 3 is 0.952 bits per heavy atom. The first-order valence-electron chi connectivity index (χ1n) is 17.8. The molecular weight excluding hydrogens is 1400 g/mol. The SMILES string of the molecule is C.C.C.C.CC.CC.CC(=N[S@](C)=O)c1ccccc1.CC(C)(N)c1ccccc1.CC(C)(N)c1ccccc1.CCC.CCO.Cc1ccccc1.II.I[I-]I.[B].[B].[B].[B].[V]. The van der Waals surface area contributed by atoms with Gasteiger partial charge in [-0.25, -0.2) is 4.21 Å². The van der Waals surface area contributed by atoms with Gasteiger partial charge in [-0.1, -0.05) is 205 Å². The number of nitrogens with zero attached hydrogens (tertiary/aromatic N) is 1. The van der Waals surface area contributed by atoms with Gasteiger partial charge < -0.3 is 16.6 Å². The molecular formula is C47H87B4I5N3O2SV-. The van der Waals surface area contributed by atoms with Crippen LogP contribution in [0.2, 0.25) is 0 Å². The van der Waals surface area contributed by atoms with E-state index in [1.165, 1.54) is 23.1 Å². The first-order valence-corrected chi connectivity index (χ1v) is 38.2. The van der Waals surface area contributed by atoms with Gasteiger partial charge in [0.05, 0.1) is 5.71 Å². The van der Waals surface area contributed by atoms with Crippen LogP contribution in [0.25, 0.3) is 0 Å². The minimum absolute atomic E-state index is 0. The van der Waals surface area contributed by atoms with E-state index in [0.717, 1.165) is 11.3 Å². The number of aliphatic hydroxyl groups excluding tert-OH is 1. The van der Waals surface area contributed by atoms with Crippen molar-refractivity contribution in [3.05, 3.63) is 144 Å². The Labute approximate surface area is 469 Å². The number of aliphatic hydroxyl groups is 1. The first kappa shape index (κ1) is 106. The quantitative estimate of drug-likeness (QED) is 0.108. The van der Waals surface area contributed by atoms with Crippen LogP contribution in [0, 0.1) is 6.92 Å². The Morgan fingerprint density at radius 2 is 0.810 bits per heavy atom. The topological polar surface area (TPSA) is 102 Å². The fourth-order valence-electron chi connectivity index (χ4n) is 3.19. The van der Waals surface area contributed by atoms with E-state index in [1.54, 1.807) is 13.2 Å². The molecule has 1 atom stereocenters. The van der Waals surface area contributed by atoms with E-state index in [1.807, 2.05) is 172 Å². The van der Waals surface area contributed by atoms with Crippen LogP contribution >= 0.6 is 74.5 Å². The standard InChI is InChI=1S/C9H11NOS.2C9H13N.C7H8.C3H8.C2H6O.2C2H6.4CH4.4B.I3.I2.V/c1-8(10-12(2)11)9-6-4-3-5-7-9;2*1-9(2,10)8-6-4-3-5-7-8;1-7-5-3-2-4-6-7;1-3-2;1-2-3;2*1-2;;;;;;;;;1-3-2;1-2;/h3-7H,1-2H3;2*3-7H,10H2,1-2H3;2-6H,1H3;3H2,1-2H3;3H,2H2,1H3;2*1-2H3;4*1H4;;;;;;;/q;;;;;;;;;;;;;;;;-1;;/t12-;;;;;;;;;;;;;;;;;;/m0................../s1. The predicted octanol–water partition coefficient (Wildman–Crippen LogP) is 12.6. The van der Waals surface area contributed by atoms with Gasteiger partial charge in [0.1, 0.15) is 11.0 Å². The van der Waals surface area contributed by atoms with Gasteiger partial charge >= 0.3 is 50.5 Å². The van der Waals surface area contributed by atoms with Gasteiger partial charge in [-0.05, 0) is 65.2 Å². The van der Waals surface area contributed by atoms with Gasteiger partial charge in [-0.15, -0.1) is 0 Å². The second-order valence-electron chi connectivity index (χ2n) is 11.4. The van der Waals surface area contributed by atoms with E-state index >= 15 is 0 Å². The van der Waals surface area contributed by atoms with E-state index in [2.05, 4.69) is 112 Å². The Bertz CT molecular complexity index is 1290. The summed E-state index contributed by atoms with van der Waals surface area (Å²) in [6.45, 7) is 26.1.